The average molecular weight is 197 g/mol. The lowest BCUT2D eigenvalue weighted by atomic mass is 9.95. The molecule has 3 heterocycles. The Morgan fingerprint density at radius 3 is 2.92 bits per heavy atom. The van der Waals surface area contributed by atoms with Crippen molar-refractivity contribution in [2.45, 2.75) is 12.1 Å². The third-order valence-electron chi connectivity index (χ3n) is 2.69. The van der Waals surface area contributed by atoms with Crippen molar-refractivity contribution in [1.82, 2.24) is 4.98 Å². The second-order valence-electron chi connectivity index (χ2n) is 3.43. The molecule has 1 unspecified atom stereocenters. The Bertz CT molecular complexity index is 327. The lowest BCUT2D eigenvalue weighted by Crippen LogP contribution is -2.71. The van der Waals surface area contributed by atoms with Crippen LogP contribution in [0.5, 0.6) is 0 Å². The Morgan fingerprint density at radius 2 is 2.46 bits per heavy atom. The minimum Gasteiger partial charge on any atom is -0.372 e. The maximum atomic E-state index is 5.75. The maximum Gasteiger partial charge on any atom is 0.129 e. The summed E-state index contributed by atoms with van der Waals surface area (Å²) in [6, 6.07) is 4.39. The topological polar surface area (TPSA) is 25.4 Å². The van der Waals surface area contributed by atoms with Crippen molar-refractivity contribution in [3.8, 4) is 0 Å². The molecule has 1 aromatic rings. The van der Waals surface area contributed by atoms with Crippen LogP contribution in [0.25, 0.3) is 0 Å². The van der Waals surface area contributed by atoms with Crippen LogP contribution in [-0.4, -0.2) is 30.3 Å². The van der Waals surface area contributed by atoms with E-state index in [9.17, 15) is 0 Å². The summed E-state index contributed by atoms with van der Waals surface area (Å²) in [5.74, 6) is 1.01. The molecule has 68 valence electrons. The van der Waals surface area contributed by atoms with E-state index in [0.29, 0.717) is 17.2 Å². The van der Waals surface area contributed by atoms with Gasteiger partial charge < -0.3 is 9.64 Å². The van der Waals surface area contributed by atoms with Gasteiger partial charge in [-0.1, -0.05) is 11.6 Å². The van der Waals surface area contributed by atoms with Crippen LogP contribution in [0.2, 0.25) is 5.02 Å². The van der Waals surface area contributed by atoms with E-state index < -0.39 is 0 Å². The van der Waals surface area contributed by atoms with Crippen molar-refractivity contribution >= 4 is 17.4 Å². The molecule has 1 aromatic heterocycles. The molecule has 2 aliphatic heterocycles. The number of nitrogens with zero attached hydrogens (tertiary/aromatic N) is 2. The number of morpholine rings is 1. The Labute approximate surface area is 81.3 Å². The molecule has 0 saturated carbocycles. The van der Waals surface area contributed by atoms with E-state index in [-0.39, 0.29) is 0 Å². The zero-order valence-corrected chi connectivity index (χ0v) is 7.74. The Morgan fingerprint density at radius 1 is 1.54 bits per heavy atom. The lowest BCUT2D eigenvalue weighted by Gasteiger charge is -2.55. The molecular formula is C9H9ClN2O. The van der Waals surface area contributed by atoms with Crippen molar-refractivity contribution in [3.63, 3.8) is 0 Å². The van der Waals surface area contributed by atoms with E-state index in [1.165, 1.54) is 0 Å². The van der Waals surface area contributed by atoms with E-state index in [0.717, 1.165) is 19.0 Å². The van der Waals surface area contributed by atoms with E-state index in [2.05, 4.69) is 9.88 Å². The quantitative estimate of drug-likeness (QED) is 0.678. The van der Waals surface area contributed by atoms with Gasteiger partial charge in [0, 0.05) is 12.7 Å². The largest absolute Gasteiger partial charge is 0.372 e. The summed E-state index contributed by atoms with van der Waals surface area (Å²) >= 11 is 5.75. The molecule has 0 spiro atoms. The molecule has 0 N–H and O–H groups in total. The van der Waals surface area contributed by atoms with Gasteiger partial charge in [-0.3, -0.25) is 0 Å². The van der Waals surface area contributed by atoms with Crippen LogP contribution < -0.4 is 4.90 Å². The number of halogens is 1. The molecule has 0 aliphatic carbocycles. The van der Waals surface area contributed by atoms with Gasteiger partial charge in [-0.25, -0.2) is 4.98 Å². The maximum absolute atomic E-state index is 5.75. The lowest BCUT2D eigenvalue weighted by molar-refractivity contribution is -0.113. The highest BCUT2D eigenvalue weighted by molar-refractivity contribution is 6.30. The Kier molecular flexibility index (Phi) is 1.51. The predicted molar refractivity (Wildman–Crippen MR) is 50.1 cm³/mol. The molecule has 13 heavy (non-hydrogen) atoms. The summed E-state index contributed by atoms with van der Waals surface area (Å²) in [5.41, 5.74) is 0. The first-order chi connectivity index (χ1) is 6.34. The van der Waals surface area contributed by atoms with Crippen LogP contribution in [0.15, 0.2) is 18.3 Å². The van der Waals surface area contributed by atoms with Crippen molar-refractivity contribution in [2.24, 2.45) is 0 Å². The van der Waals surface area contributed by atoms with Crippen LogP contribution in [0.4, 0.5) is 5.82 Å². The molecule has 2 saturated heterocycles. The van der Waals surface area contributed by atoms with Gasteiger partial charge >= 0.3 is 0 Å². The van der Waals surface area contributed by atoms with E-state index in [1.54, 1.807) is 6.20 Å². The number of hydrogen-bond acceptors (Lipinski definition) is 3. The molecule has 0 radical (unpaired) electrons. The number of ether oxygens (including phenoxy) is 1. The first kappa shape index (κ1) is 7.59. The van der Waals surface area contributed by atoms with Gasteiger partial charge in [0.15, 0.2) is 0 Å². The molecule has 0 bridgehead atoms. The molecule has 2 aliphatic rings. The van der Waals surface area contributed by atoms with Crippen molar-refractivity contribution < 1.29 is 4.74 Å². The highest BCUT2D eigenvalue weighted by Gasteiger charge is 2.47. The molecular weight excluding hydrogens is 188 g/mol. The third-order valence-corrected chi connectivity index (χ3v) is 2.92. The number of rotatable bonds is 1. The van der Waals surface area contributed by atoms with Crippen LogP contribution >= 0.6 is 11.6 Å². The zero-order chi connectivity index (χ0) is 8.84. The fourth-order valence-corrected chi connectivity index (χ4v) is 1.89. The van der Waals surface area contributed by atoms with E-state index in [4.69, 9.17) is 16.3 Å². The number of pyridine rings is 1. The van der Waals surface area contributed by atoms with Gasteiger partial charge in [0.1, 0.15) is 5.82 Å². The predicted octanol–water partition coefficient (Wildman–Crippen LogP) is 1.32. The first-order valence-corrected chi connectivity index (χ1v) is 4.72. The molecule has 4 heteroatoms. The Hall–Kier alpha value is -0.800. The van der Waals surface area contributed by atoms with Gasteiger partial charge in [-0.2, -0.15) is 0 Å². The number of anilines is 1. The molecule has 2 atom stereocenters. The molecule has 3 nitrogen and oxygen atoms in total. The fraction of sp³-hybridized carbons (Fsp3) is 0.444. The van der Waals surface area contributed by atoms with E-state index >= 15 is 0 Å². The van der Waals surface area contributed by atoms with Crippen molar-refractivity contribution in [3.05, 3.63) is 23.4 Å². The third kappa shape index (κ3) is 1.04. The van der Waals surface area contributed by atoms with Gasteiger partial charge in [-0.15, -0.1) is 0 Å². The summed E-state index contributed by atoms with van der Waals surface area (Å²) in [5, 5.41) is 0.686. The smallest absolute Gasteiger partial charge is 0.129 e. The van der Waals surface area contributed by atoms with E-state index in [1.807, 2.05) is 12.1 Å². The standard InChI is InChI=1S/C9H9ClN2O/c10-6-1-2-9(11-3-6)12-4-8-7(12)5-13-8/h1-3,7-8H,4-5H2/t7?,8-/m0/s1. The van der Waals surface area contributed by atoms with Crippen LogP contribution in [0, 0.1) is 0 Å². The summed E-state index contributed by atoms with van der Waals surface area (Å²) in [6.07, 6.45) is 2.14. The summed E-state index contributed by atoms with van der Waals surface area (Å²) < 4.78 is 5.31. The highest BCUT2D eigenvalue weighted by Crippen LogP contribution is 2.33. The number of aromatic nitrogens is 1. The second-order valence-corrected chi connectivity index (χ2v) is 3.86. The molecule has 2 fully saturated rings. The van der Waals surface area contributed by atoms with Gasteiger partial charge in [-0.05, 0) is 12.1 Å². The molecule has 3 rings (SSSR count). The first-order valence-electron chi connectivity index (χ1n) is 4.34. The normalized spacial score (nSPS) is 30.4. The minimum atomic E-state index is 0.456. The van der Waals surface area contributed by atoms with Gasteiger partial charge in [0.2, 0.25) is 0 Å². The summed E-state index contributed by atoms with van der Waals surface area (Å²) in [4.78, 5) is 6.51. The van der Waals surface area contributed by atoms with Crippen molar-refractivity contribution in [2.75, 3.05) is 18.1 Å². The van der Waals surface area contributed by atoms with Crippen LogP contribution in [0.1, 0.15) is 0 Å². The zero-order valence-electron chi connectivity index (χ0n) is 6.98. The fourth-order valence-electron chi connectivity index (χ4n) is 1.78. The van der Waals surface area contributed by atoms with Crippen molar-refractivity contribution in [1.29, 1.82) is 0 Å². The molecule has 0 amide bonds. The summed E-state index contributed by atoms with van der Waals surface area (Å²) in [7, 11) is 0. The minimum absolute atomic E-state index is 0.456. The summed E-state index contributed by atoms with van der Waals surface area (Å²) in [6.45, 7) is 1.81. The van der Waals surface area contributed by atoms with Crippen LogP contribution in [-0.2, 0) is 4.74 Å². The second kappa shape index (κ2) is 2.59. The Balaban J connectivity index is 1.81. The SMILES string of the molecule is Clc1ccc(N2C[C@@H]3OCC32)nc1. The van der Waals surface area contributed by atoms with Gasteiger partial charge in [0.25, 0.3) is 0 Å². The highest BCUT2D eigenvalue weighted by atomic mass is 35.5. The number of hydrogen-bond donors (Lipinski definition) is 0. The van der Waals surface area contributed by atoms with Crippen LogP contribution in [0.3, 0.4) is 0 Å². The monoisotopic (exact) mass is 196 g/mol. The van der Waals surface area contributed by atoms with Gasteiger partial charge in [0.05, 0.1) is 23.8 Å². The molecule has 0 aromatic carbocycles. The number of fused-ring (bicyclic) bond motifs is 1. The average Bonchev–Trinajstić information content (AvgIpc) is 2.12.